The molecule has 9 nitrogen and oxygen atoms in total. The number of amides is 2. The average molecular weight is 504 g/mol. The lowest BCUT2D eigenvalue weighted by Crippen LogP contribution is -2.49. The number of aromatic nitrogens is 3. The van der Waals surface area contributed by atoms with Crippen LogP contribution in [-0.4, -0.2) is 32.5 Å². The lowest BCUT2D eigenvalue weighted by Gasteiger charge is -2.18. The van der Waals surface area contributed by atoms with Gasteiger partial charge in [0.05, 0.1) is 47.8 Å². The van der Waals surface area contributed by atoms with Crippen molar-refractivity contribution >= 4 is 23.4 Å². The molecule has 0 unspecified atom stereocenters. The molecule has 3 N–H and O–H groups in total. The number of anilines is 2. The highest BCUT2D eigenvalue weighted by Crippen LogP contribution is 2.37. The maximum Gasteiger partial charge on any atom is 0.418 e. The lowest BCUT2D eigenvalue weighted by molar-refractivity contribution is -0.137. The summed E-state index contributed by atoms with van der Waals surface area (Å²) in [7, 11) is 0. The topological polar surface area (TPSA) is 118 Å². The molecular formula is C23H20F4N6O3. The van der Waals surface area contributed by atoms with Crippen LogP contribution in [0, 0.1) is 12.7 Å². The van der Waals surface area contributed by atoms with Gasteiger partial charge in [-0.3, -0.25) is 9.78 Å². The number of nitrogens with one attached hydrogen (secondary N) is 3. The van der Waals surface area contributed by atoms with E-state index < -0.39 is 35.1 Å². The minimum atomic E-state index is -4.74. The van der Waals surface area contributed by atoms with Crippen LogP contribution in [0.4, 0.5) is 33.7 Å². The molecule has 0 saturated heterocycles. The Morgan fingerprint density at radius 2 is 1.83 bits per heavy atom. The molecule has 1 aliphatic carbocycles. The molecule has 1 saturated carbocycles. The van der Waals surface area contributed by atoms with Gasteiger partial charge in [0.25, 0.3) is 0 Å². The van der Waals surface area contributed by atoms with Crippen LogP contribution in [0.15, 0.2) is 49.2 Å². The first-order valence-electron chi connectivity index (χ1n) is 10.7. The van der Waals surface area contributed by atoms with Crippen molar-refractivity contribution in [3.8, 4) is 5.75 Å². The molecule has 1 aromatic carbocycles. The van der Waals surface area contributed by atoms with Crippen LogP contribution in [-0.2, 0) is 17.5 Å². The Morgan fingerprint density at radius 3 is 2.47 bits per heavy atom. The van der Waals surface area contributed by atoms with Crippen molar-refractivity contribution in [1.82, 2.24) is 25.6 Å². The zero-order valence-corrected chi connectivity index (χ0v) is 18.8. The van der Waals surface area contributed by atoms with E-state index in [0.29, 0.717) is 30.2 Å². The summed E-state index contributed by atoms with van der Waals surface area (Å²) in [4.78, 5) is 36.5. The van der Waals surface area contributed by atoms with E-state index >= 15 is 0 Å². The Bertz CT molecular complexity index is 1280. The quantitative estimate of drug-likeness (QED) is 0.416. The van der Waals surface area contributed by atoms with Crippen molar-refractivity contribution in [2.24, 2.45) is 0 Å². The van der Waals surface area contributed by atoms with Crippen LogP contribution in [0.3, 0.4) is 0 Å². The highest BCUT2D eigenvalue weighted by atomic mass is 19.4. The van der Waals surface area contributed by atoms with Crippen LogP contribution in [0.2, 0.25) is 0 Å². The van der Waals surface area contributed by atoms with E-state index in [1.165, 1.54) is 24.9 Å². The number of halogens is 4. The fourth-order valence-electron chi connectivity index (χ4n) is 3.41. The standard InChI is InChI=1S/C23H20F4N6O3/c1-13-6-15(32-18-3-2-14(24)7-17(18)23(25,26)27)8-30-19(13)11-31-20(34)22(4-5-22)33-21(35)36-16-9-28-12-29-10-16/h2-3,6-10,12,32H,4-5,11H2,1H3,(H,31,34)(H,33,35). The summed E-state index contributed by atoms with van der Waals surface area (Å²) in [5.74, 6) is -1.30. The van der Waals surface area contributed by atoms with Crippen molar-refractivity contribution in [2.75, 3.05) is 5.32 Å². The minimum absolute atomic E-state index is 0.0281. The number of hydrogen-bond donors (Lipinski definition) is 3. The molecule has 0 bridgehead atoms. The van der Waals surface area contributed by atoms with Gasteiger partial charge in [0.15, 0.2) is 5.75 Å². The average Bonchev–Trinajstić information content (AvgIpc) is 3.60. The van der Waals surface area contributed by atoms with E-state index in [4.69, 9.17) is 4.74 Å². The smallest absolute Gasteiger partial charge is 0.407 e. The molecule has 0 atom stereocenters. The molecule has 4 rings (SSSR count). The largest absolute Gasteiger partial charge is 0.418 e. The van der Waals surface area contributed by atoms with Crippen molar-refractivity contribution in [3.63, 3.8) is 0 Å². The van der Waals surface area contributed by atoms with E-state index in [9.17, 15) is 27.2 Å². The Labute approximate surface area is 202 Å². The predicted octanol–water partition coefficient (Wildman–Crippen LogP) is 4.02. The Hall–Kier alpha value is -4.29. The second kappa shape index (κ2) is 9.76. The van der Waals surface area contributed by atoms with Crippen LogP contribution in [0.25, 0.3) is 0 Å². The second-order valence-electron chi connectivity index (χ2n) is 8.15. The fourth-order valence-corrected chi connectivity index (χ4v) is 3.41. The summed E-state index contributed by atoms with van der Waals surface area (Å²) in [5, 5.41) is 7.86. The SMILES string of the molecule is Cc1cc(Nc2ccc(F)cc2C(F)(F)F)cnc1CNC(=O)C1(NC(=O)Oc2cncnc2)CC1. The third-order valence-electron chi connectivity index (χ3n) is 5.44. The zero-order chi connectivity index (χ0) is 25.9. The van der Waals surface area contributed by atoms with Crippen molar-refractivity contribution in [3.05, 3.63) is 71.8 Å². The van der Waals surface area contributed by atoms with Crippen LogP contribution < -0.4 is 20.7 Å². The Morgan fingerprint density at radius 1 is 1.11 bits per heavy atom. The number of aryl methyl sites for hydroxylation is 1. The summed E-state index contributed by atoms with van der Waals surface area (Å²) >= 11 is 0. The van der Waals surface area contributed by atoms with Crippen molar-refractivity contribution in [1.29, 1.82) is 0 Å². The fraction of sp³-hybridized carbons (Fsp3) is 0.261. The minimum Gasteiger partial charge on any atom is -0.407 e. The van der Waals surface area contributed by atoms with Gasteiger partial charge in [-0.25, -0.2) is 19.2 Å². The van der Waals surface area contributed by atoms with Gasteiger partial charge in [-0.1, -0.05) is 0 Å². The first kappa shape index (κ1) is 24.8. The normalized spacial score (nSPS) is 14.0. The number of nitrogens with zero attached hydrogens (tertiary/aromatic N) is 3. The van der Waals surface area contributed by atoms with Crippen LogP contribution in [0.1, 0.15) is 29.7 Å². The van der Waals surface area contributed by atoms with E-state index in [1.54, 1.807) is 13.0 Å². The maximum atomic E-state index is 13.3. The molecule has 0 spiro atoms. The highest BCUT2D eigenvalue weighted by molar-refractivity contribution is 5.93. The molecule has 2 heterocycles. The second-order valence-corrected chi connectivity index (χ2v) is 8.15. The Balaban J connectivity index is 1.36. The predicted molar refractivity (Wildman–Crippen MR) is 119 cm³/mol. The van der Waals surface area contributed by atoms with E-state index in [0.717, 1.165) is 12.1 Å². The number of rotatable bonds is 7. The number of carbonyl (C=O) groups is 2. The van der Waals surface area contributed by atoms with Gasteiger partial charge in [-0.05, 0) is 49.6 Å². The molecule has 188 valence electrons. The molecule has 3 aromatic rings. The highest BCUT2D eigenvalue weighted by Gasteiger charge is 2.51. The number of hydrogen-bond acceptors (Lipinski definition) is 7. The molecule has 1 fully saturated rings. The summed E-state index contributed by atoms with van der Waals surface area (Å²) in [5.41, 5.74) is -1.23. The number of carbonyl (C=O) groups excluding carboxylic acids is 2. The summed E-state index contributed by atoms with van der Waals surface area (Å²) in [6, 6.07) is 3.90. The summed E-state index contributed by atoms with van der Waals surface area (Å²) in [6.07, 6.45) is 0.483. The molecule has 1 aliphatic rings. The van der Waals surface area contributed by atoms with Gasteiger partial charge >= 0.3 is 12.3 Å². The van der Waals surface area contributed by atoms with Crippen LogP contribution in [0.5, 0.6) is 5.75 Å². The molecule has 2 aromatic heterocycles. The molecular weight excluding hydrogens is 484 g/mol. The lowest BCUT2D eigenvalue weighted by atomic mass is 10.1. The third-order valence-corrected chi connectivity index (χ3v) is 5.44. The first-order valence-corrected chi connectivity index (χ1v) is 10.7. The van der Waals surface area contributed by atoms with Gasteiger partial charge in [0.2, 0.25) is 5.91 Å². The van der Waals surface area contributed by atoms with E-state index in [1.807, 2.05) is 0 Å². The zero-order valence-electron chi connectivity index (χ0n) is 18.8. The van der Waals surface area contributed by atoms with Gasteiger partial charge in [0, 0.05) is 0 Å². The third kappa shape index (κ3) is 5.85. The number of alkyl halides is 3. The Kier molecular flexibility index (Phi) is 6.73. The number of benzene rings is 1. The molecule has 2 amide bonds. The molecule has 36 heavy (non-hydrogen) atoms. The van der Waals surface area contributed by atoms with E-state index in [2.05, 4.69) is 30.9 Å². The van der Waals surface area contributed by atoms with Gasteiger partial charge in [-0.15, -0.1) is 0 Å². The first-order chi connectivity index (χ1) is 17.1. The van der Waals surface area contributed by atoms with Gasteiger partial charge in [0.1, 0.15) is 17.7 Å². The number of ether oxygens (including phenoxy) is 1. The molecule has 0 aliphatic heterocycles. The summed E-state index contributed by atoms with van der Waals surface area (Å²) < 4.78 is 58.1. The monoisotopic (exact) mass is 504 g/mol. The summed E-state index contributed by atoms with van der Waals surface area (Å²) in [6.45, 7) is 1.71. The van der Waals surface area contributed by atoms with Crippen molar-refractivity contribution < 1.29 is 31.9 Å². The van der Waals surface area contributed by atoms with Crippen molar-refractivity contribution in [2.45, 2.75) is 38.0 Å². The van der Waals surface area contributed by atoms with E-state index in [-0.39, 0.29) is 23.7 Å². The maximum absolute atomic E-state index is 13.3. The molecule has 13 heteroatoms. The van der Waals surface area contributed by atoms with Gasteiger partial charge < -0.3 is 20.7 Å². The van der Waals surface area contributed by atoms with Gasteiger partial charge in [-0.2, -0.15) is 13.2 Å². The van der Waals surface area contributed by atoms with Crippen LogP contribution >= 0.6 is 0 Å². The molecule has 0 radical (unpaired) electrons. The number of pyridine rings is 1.